The second kappa shape index (κ2) is 6.22. The Labute approximate surface area is 138 Å². The van der Waals surface area contributed by atoms with Crippen LogP contribution in [0, 0.1) is 0 Å². The van der Waals surface area contributed by atoms with Gasteiger partial charge in [0, 0.05) is 0 Å². The van der Waals surface area contributed by atoms with E-state index >= 15 is 0 Å². The topological polar surface area (TPSA) is 77.7 Å². The van der Waals surface area contributed by atoms with Crippen molar-refractivity contribution in [3.05, 3.63) is 47.5 Å². The van der Waals surface area contributed by atoms with E-state index in [1.807, 2.05) is 18.2 Å². The van der Waals surface area contributed by atoms with Crippen LogP contribution in [0.4, 0.5) is 0 Å². The first-order chi connectivity index (χ1) is 11.7. The molecule has 0 N–H and O–H groups in total. The highest BCUT2D eigenvalue weighted by molar-refractivity contribution is 6.12. The van der Waals surface area contributed by atoms with Gasteiger partial charge >= 0.3 is 11.9 Å². The molecule has 24 heavy (non-hydrogen) atoms. The summed E-state index contributed by atoms with van der Waals surface area (Å²) in [5.41, 5.74) is 0.437. The van der Waals surface area contributed by atoms with Crippen molar-refractivity contribution < 1.29 is 28.5 Å². The molecule has 2 heterocycles. The number of carbonyl (C=O) groups excluding carboxylic acids is 2. The Morgan fingerprint density at radius 2 is 1.54 bits per heavy atom. The summed E-state index contributed by atoms with van der Waals surface area (Å²) in [6.45, 7) is 1.57. The Hall–Kier alpha value is -2.44. The number of fused-ring (bicyclic) bond motifs is 1. The van der Waals surface area contributed by atoms with E-state index in [1.165, 1.54) is 0 Å². The molecule has 2 atom stereocenters. The van der Waals surface area contributed by atoms with Crippen molar-refractivity contribution in [2.75, 3.05) is 26.4 Å². The van der Waals surface area contributed by atoms with E-state index in [0.717, 1.165) is 5.39 Å². The number of hydrogen-bond acceptors (Lipinski definition) is 6. The lowest BCUT2D eigenvalue weighted by atomic mass is 9.99. The standard InChI is InChI=1S/C18H16O6/c19-17(23-9-12-7-21-12)15-6-5-11-3-1-2-4-14(11)16(15)18(20)24-10-13-8-22-13/h1-6,12-13H,7-10H2. The largest absolute Gasteiger partial charge is 0.459 e. The highest BCUT2D eigenvalue weighted by atomic mass is 16.6. The van der Waals surface area contributed by atoms with Gasteiger partial charge in [-0.25, -0.2) is 9.59 Å². The molecule has 124 valence electrons. The van der Waals surface area contributed by atoms with E-state index in [4.69, 9.17) is 18.9 Å². The minimum Gasteiger partial charge on any atom is -0.459 e. The van der Waals surface area contributed by atoms with E-state index in [1.54, 1.807) is 18.2 Å². The molecule has 2 aromatic rings. The number of epoxide rings is 2. The van der Waals surface area contributed by atoms with Gasteiger partial charge in [-0.05, 0) is 16.8 Å². The van der Waals surface area contributed by atoms with E-state index in [0.29, 0.717) is 18.6 Å². The molecule has 6 heteroatoms. The van der Waals surface area contributed by atoms with Crippen LogP contribution in [-0.2, 0) is 18.9 Å². The Bertz CT molecular complexity index is 791. The Morgan fingerprint density at radius 1 is 0.917 bits per heavy atom. The smallest absolute Gasteiger partial charge is 0.339 e. The van der Waals surface area contributed by atoms with Gasteiger partial charge in [-0.2, -0.15) is 0 Å². The minimum atomic E-state index is -0.550. The number of esters is 2. The van der Waals surface area contributed by atoms with Gasteiger partial charge < -0.3 is 18.9 Å². The zero-order chi connectivity index (χ0) is 16.5. The second-order valence-corrected chi connectivity index (χ2v) is 5.82. The predicted molar refractivity (Wildman–Crippen MR) is 84.0 cm³/mol. The third kappa shape index (κ3) is 3.25. The third-order valence-electron chi connectivity index (χ3n) is 3.96. The van der Waals surface area contributed by atoms with Crippen molar-refractivity contribution in [3.63, 3.8) is 0 Å². The fourth-order valence-corrected chi connectivity index (χ4v) is 2.48. The van der Waals surface area contributed by atoms with Crippen LogP contribution in [-0.4, -0.2) is 50.6 Å². The maximum absolute atomic E-state index is 12.6. The number of rotatable bonds is 6. The number of hydrogen-bond donors (Lipinski definition) is 0. The zero-order valence-electron chi connectivity index (χ0n) is 12.9. The van der Waals surface area contributed by atoms with E-state index < -0.39 is 11.9 Å². The summed E-state index contributed by atoms with van der Waals surface area (Å²) >= 11 is 0. The quantitative estimate of drug-likeness (QED) is 0.596. The molecule has 2 aliphatic heterocycles. The molecule has 0 saturated carbocycles. The molecule has 2 unspecified atom stereocenters. The maximum atomic E-state index is 12.6. The molecule has 2 aromatic carbocycles. The second-order valence-electron chi connectivity index (χ2n) is 5.82. The van der Waals surface area contributed by atoms with Gasteiger partial charge in [0.1, 0.15) is 25.4 Å². The summed E-state index contributed by atoms with van der Waals surface area (Å²) in [6.07, 6.45) is -0.0665. The van der Waals surface area contributed by atoms with Gasteiger partial charge in [-0.15, -0.1) is 0 Å². The van der Waals surface area contributed by atoms with Crippen molar-refractivity contribution in [1.82, 2.24) is 0 Å². The molecule has 4 rings (SSSR count). The Balaban J connectivity index is 1.66. The first kappa shape index (κ1) is 15.1. The summed E-state index contributed by atoms with van der Waals surface area (Å²) in [5, 5.41) is 1.52. The molecule has 0 radical (unpaired) electrons. The van der Waals surface area contributed by atoms with Crippen LogP contribution in [0.5, 0.6) is 0 Å². The summed E-state index contributed by atoms with van der Waals surface area (Å²) in [6, 6.07) is 10.8. The van der Waals surface area contributed by atoms with Crippen LogP contribution in [0.1, 0.15) is 20.7 Å². The molecule has 0 bridgehead atoms. The summed E-state index contributed by atoms with van der Waals surface area (Å²) in [7, 11) is 0. The minimum absolute atomic E-state index is 0.0307. The van der Waals surface area contributed by atoms with Crippen molar-refractivity contribution in [2.24, 2.45) is 0 Å². The lowest BCUT2D eigenvalue weighted by Crippen LogP contribution is -2.17. The highest BCUT2D eigenvalue weighted by Crippen LogP contribution is 2.25. The Kier molecular flexibility index (Phi) is 3.92. The average Bonchev–Trinajstić information content (AvgIpc) is 3.50. The van der Waals surface area contributed by atoms with Crippen LogP contribution in [0.15, 0.2) is 36.4 Å². The van der Waals surface area contributed by atoms with Gasteiger partial charge in [0.25, 0.3) is 0 Å². The molecule has 0 aromatic heterocycles. The lowest BCUT2D eigenvalue weighted by Gasteiger charge is -2.12. The van der Waals surface area contributed by atoms with Gasteiger partial charge in [0.05, 0.1) is 24.3 Å². The first-order valence-electron chi connectivity index (χ1n) is 7.81. The normalized spacial score (nSPS) is 21.3. The van der Waals surface area contributed by atoms with Crippen molar-refractivity contribution in [1.29, 1.82) is 0 Å². The number of ether oxygens (including phenoxy) is 4. The number of carbonyl (C=O) groups is 2. The molecule has 6 nitrogen and oxygen atoms in total. The van der Waals surface area contributed by atoms with Crippen molar-refractivity contribution in [3.8, 4) is 0 Å². The van der Waals surface area contributed by atoms with Crippen molar-refractivity contribution >= 4 is 22.7 Å². The molecule has 0 amide bonds. The molecule has 0 aliphatic carbocycles. The van der Waals surface area contributed by atoms with Crippen LogP contribution in [0.2, 0.25) is 0 Å². The zero-order valence-corrected chi connectivity index (χ0v) is 12.9. The monoisotopic (exact) mass is 328 g/mol. The predicted octanol–water partition coefficient (Wildman–Crippen LogP) is 1.95. The fourth-order valence-electron chi connectivity index (χ4n) is 2.48. The first-order valence-corrected chi connectivity index (χ1v) is 7.81. The van der Waals surface area contributed by atoms with E-state index in [2.05, 4.69) is 0 Å². The maximum Gasteiger partial charge on any atom is 0.339 e. The number of benzene rings is 2. The highest BCUT2D eigenvalue weighted by Gasteiger charge is 2.29. The van der Waals surface area contributed by atoms with Crippen LogP contribution in [0.3, 0.4) is 0 Å². The molecule has 2 fully saturated rings. The van der Waals surface area contributed by atoms with Gasteiger partial charge in [-0.3, -0.25) is 0 Å². The van der Waals surface area contributed by atoms with Crippen molar-refractivity contribution in [2.45, 2.75) is 12.2 Å². The van der Waals surface area contributed by atoms with Gasteiger partial charge in [0.15, 0.2) is 0 Å². The Morgan fingerprint density at radius 3 is 2.21 bits per heavy atom. The summed E-state index contributed by atoms with van der Waals surface area (Å²) in [5.74, 6) is -1.09. The van der Waals surface area contributed by atoms with E-state index in [9.17, 15) is 9.59 Å². The van der Waals surface area contributed by atoms with Crippen LogP contribution >= 0.6 is 0 Å². The fraction of sp³-hybridized carbons (Fsp3) is 0.333. The summed E-state index contributed by atoms with van der Waals surface area (Å²) in [4.78, 5) is 24.9. The molecule has 0 spiro atoms. The third-order valence-corrected chi connectivity index (χ3v) is 3.96. The molecular formula is C18H16O6. The van der Waals surface area contributed by atoms with Crippen LogP contribution < -0.4 is 0 Å². The molecular weight excluding hydrogens is 312 g/mol. The molecule has 2 aliphatic rings. The van der Waals surface area contributed by atoms with Gasteiger partial charge in [0.2, 0.25) is 0 Å². The average molecular weight is 328 g/mol. The SMILES string of the molecule is O=C(OCC1CO1)c1ccc2ccccc2c1C(=O)OCC1CO1. The van der Waals surface area contributed by atoms with Gasteiger partial charge in [-0.1, -0.05) is 30.3 Å². The lowest BCUT2D eigenvalue weighted by molar-refractivity contribution is 0.0432. The molecule has 2 saturated heterocycles. The van der Waals surface area contributed by atoms with E-state index in [-0.39, 0.29) is 36.5 Å². The summed E-state index contributed by atoms with van der Waals surface area (Å²) < 4.78 is 20.6. The van der Waals surface area contributed by atoms with Crippen LogP contribution in [0.25, 0.3) is 10.8 Å².